The molecule has 0 fully saturated rings. The van der Waals surface area contributed by atoms with Crippen LogP contribution >= 0.6 is 0 Å². The Labute approximate surface area is 119 Å². The Morgan fingerprint density at radius 2 is 1.85 bits per heavy atom. The molecule has 7 nitrogen and oxygen atoms in total. The summed E-state index contributed by atoms with van der Waals surface area (Å²) in [6.07, 6.45) is 1.51. The molecule has 1 heterocycles. The van der Waals surface area contributed by atoms with Gasteiger partial charge in [0.2, 0.25) is 15.9 Å². The minimum Gasteiger partial charge on any atom is -0.354 e. The summed E-state index contributed by atoms with van der Waals surface area (Å²) in [5.74, 6) is 0.284. The van der Waals surface area contributed by atoms with Crippen LogP contribution in [0.2, 0.25) is 0 Å². The second-order valence-corrected chi connectivity index (χ2v) is 6.50. The van der Waals surface area contributed by atoms with Crippen molar-refractivity contribution in [3.05, 3.63) is 23.3 Å². The molecule has 20 heavy (non-hydrogen) atoms. The zero-order valence-corrected chi connectivity index (χ0v) is 12.9. The van der Waals surface area contributed by atoms with Crippen molar-refractivity contribution in [1.29, 1.82) is 0 Å². The second-order valence-electron chi connectivity index (χ2n) is 4.72. The van der Waals surface area contributed by atoms with Gasteiger partial charge in [0.25, 0.3) is 0 Å². The summed E-state index contributed by atoms with van der Waals surface area (Å²) in [5.41, 5.74) is 1.76. The molecule has 0 aliphatic rings. The lowest BCUT2D eigenvalue weighted by atomic mass is 10.3. The monoisotopic (exact) mass is 300 g/mol. The summed E-state index contributed by atoms with van der Waals surface area (Å²) in [5, 5.41) is 2.65. The number of aryl methyl sites for hydroxylation is 2. The smallest absolute Gasteiger partial charge is 0.237 e. The average molecular weight is 300 g/mol. The minimum absolute atomic E-state index is 0.359. The summed E-state index contributed by atoms with van der Waals surface area (Å²) in [4.78, 5) is 20.2. The van der Waals surface area contributed by atoms with Crippen LogP contribution in [0.15, 0.2) is 6.07 Å². The van der Waals surface area contributed by atoms with Gasteiger partial charge in [-0.1, -0.05) is 0 Å². The molecule has 0 saturated heterocycles. The molecule has 0 radical (unpaired) electrons. The number of nitrogens with zero attached hydrogens (tertiary/aromatic N) is 2. The molecule has 1 atom stereocenters. The van der Waals surface area contributed by atoms with Gasteiger partial charge >= 0.3 is 0 Å². The van der Waals surface area contributed by atoms with Crippen LogP contribution in [0.1, 0.15) is 24.1 Å². The topological polar surface area (TPSA) is 101 Å². The van der Waals surface area contributed by atoms with E-state index in [1.54, 1.807) is 0 Å². The van der Waals surface area contributed by atoms with Gasteiger partial charge in [-0.3, -0.25) is 4.79 Å². The number of amides is 1. The molecular weight excluding hydrogens is 280 g/mol. The molecule has 0 unspecified atom stereocenters. The maximum atomic E-state index is 11.7. The Morgan fingerprint density at radius 1 is 1.30 bits per heavy atom. The van der Waals surface area contributed by atoms with Gasteiger partial charge in [0.15, 0.2) is 0 Å². The number of carbonyl (C=O) groups excluding carboxylic acids is 1. The highest BCUT2D eigenvalue weighted by Gasteiger charge is 2.16. The van der Waals surface area contributed by atoms with E-state index in [0.717, 1.165) is 17.6 Å². The van der Waals surface area contributed by atoms with Crippen molar-refractivity contribution in [3.63, 3.8) is 0 Å². The van der Waals surface area contributed by atoms with E-state index in [0.29, 0.717) is 18.8 Å². The molecule has 8 heteroatoms. The fourth-order valence-corrected chi connectivity index (χ4v) is 2.49. The Morgan fingerprint density at radius 3 is 2.35 bits per heavy atom. The van der Waals surface area contributed by atoms with Crippen LogP contribution in [-0.2, 0) is 21.2 Å². The number of nitrogens with one attached hydrogen (secondary N) is 2. The summed E-state index contributed by atoms with van der Waals surface area (Å²) in [6, 6.07) is 1.07. The van der Waals surface area contributed by atoms with Crippen LogP contribution in [-0.4, -0.2) is 43.1 Å². The first-order chi connectivity index (χ1) is 9.17. The van der Waals surface area contributed by atoms with E-state index in [-0.39, 0.29) is 5.91 Å². The molecule has 0 bridgehead atoms. The van der Waals surface area contributed by atoms with Gasteiger partial charge in [-0.2, -0.15) is 0 Å². The van der Waals surface area contributed by atoms with Gasteiger partial charge < -0.3 is 5.32 Å². The molecule has 0 aliphatic carbocycles. The van der Waals surface area contributed by atoms with Crippen molar-refractivity contribution in [3.8, 4) is 0 Å². The number of sulfonamides is 1. The largest absolute Gasteiger partial charge is 0.354 e. The van der Waals surface area contributed by atoms with Crippen molar-refractivity contribution < 1.29 is 13.2 Å². The molecule has 1 rings (SSSR count). The molecule has 1 aromatic heterocycles. The Bertz CT molecular complexity index is 566. The minimum atomic E-state index is -3.39. The van der Waals surface area contributed by atoms with E-state index in [2.05, 4.69) is 20.0 Å². The first-order valence-corrected chi connectivity index (χ1v) is 8.12. The number of rotatable bonds is 6. The van der Waals surface area contributed by atoms with E-state index in [4.69, 9.17) is 0 Å². The quantitative estimate of drug-likeness (QED) is 0.750. The molecule has 0 spiro atoms. The predicted molar refractivity (Wildman–Crippen MR) is 75.7 cm³/mol. The molecular formula is C12H20N4O3S. The van der Waals surface area contributed by atoms with Crippen LogP contribution in [0.5, 0.6) is 0 Å². The van der Waals surface area contributed by atoms with Gasteiger partial charge in [0.1, 0.15) is 5.82 Å². The third-order valence-electron chi connectivity index (χ3n) is 2.46. The van der Waals surface area contributed by atoms with Crippen molar-refractivity contribution in [2.45, 2.75) is 33.2 Å². The third-order valence-corrected chi connectivity index (χ3v) is 3.24. The second kappa shape index (κ2) is 6.76. The predicted octanol–water partition coefficient (Wildman–Crippen LogP) is -0.310. The van der Waals surface area contributed by atoms with Gasteiger partial charge in [0, 0.05) is 24.4 Å². The zero-order valence-electron chi connectivity index (χ0n) is 12.1. The Balaban J connectivity index is 2.46. The van der Waals surface area contributed by atoms with Crippen LogP contribution in [0.3, 0.4) is 0 Å². The molecule has 1 amide bonds. The highest BCUT2D eigenvalue weighted by atomic mass is 32.2. The first-order valence-electron chi connectivity index (χ1n) is 6.23. The molecule has 1 aromatic rings. The maximum absolute atomic E-state index is 11.7. The van der Waals surface area contributed by atoms with Crippen LogP contribution in [0, 0.1) is 13.8 Å². The van der Waals surface area contributed by atoms with Gasteiger partial charge in [-0.15, -0.1) is 0 Å². The van der Waals surface area contributed by atoms with Crippen molar-refractivity contribution in [2.75, 3.05) is 12.8 Å². The summed E-state index contributed by atoms with van der Waals surface area (Å²) in [6.45, 7) is 5.62. The number of aromatic nitrogens is 2. The number of carbonyl (C=O) groups is 1. The summed E-state index contributed by atoms with van der Waals surface area (Å²) in [7, 11) is -3.39. The van der Waals surface area contributed by atoms with Crippen LogP contribution in [0.25, 0.3) is 0 Å². The lowest BCUT2D eigenvalue weighted by molar-refractivity contribution is -0.122. The Hall–Kier alpha value is -1.54. The van der Waals surface area contributed by atoms with E-state index < -0.39 is 16.1 Å². The number of hydrogen-bond acceptors (Lipinski definition) is 5. The van der Waals surface area contributed by atoms with E-state index in [1.165, 1.54) is 6.92 Å². The summed E-state index contributed by atoms with van der Waals surface area (Å²) >= 11 is 0. The standard InChI is InChI=1S/C12H20N4O3S/c1-8-7-9(2)15-11(14-8)5-6-13-12(17)10(3)16-20(4,18)19/h7,10,16H,5-6H2,1-4H3,(H,13,17)/t10-/m0/s1. The van der Waals surface area contributed by atoms with Gasteiger partial charge in [0.05, 0.1) is 12.3 Å². The van der Waals surface area contributed by atoms with E-state index in [9.17, 15) is 13.2 Å². The third kappa shape index (κ3) is 6.07. The Kier molecular flexibility index (Phi) is 5.58. The maximum Gasteiger partial charge on any atom is 0.237 e. The fourth-order valence-electron chi connectivity index (χ4n) is 1.74. The van der Waals surface area contributed by atoms with E-state index in [1.807, 2.05) is 19.9 Å². The normalized spacial score (nSPS) is 13.0. The first kappa shape index (κ1) is 16.5. The zero-order chi connectivity index (χ0) is 15.3. The van der Waals surface area contributed by atoms with Crippen LogP contribution in [0.4, 0.5) is 0 Å². The van der Waals surface area contributed by atoms with E-state index >= 15 is 0 Å². The SMILES string of the molecule is Cc1cc(C)nc(CCNC(=O)[C@H](C)NS(C)(=O)=O)n1. The summed E-state index contributed by atoms with van der Waals surface area (Å²) < 4.78 is 24.2. The molecule has 112 valence electrons. The van der Waals surface area contributed by atoms with Gasteiger partial charge in [-0.25, -0.2) is 23.1 Å². The molecule has 0 aromatic carbocycles. The highest BCUT2D eigenvalue weighted by molar-refractivity contribution is 7.88. The highest BCUT2D eigenvalue weighted by Crippen LogP contribution is 1.99. The fraction of sp³-hybridized carbons (Fsp3) is 0.583. The lowest BCUT2D eigenvalue weighted by Crippen LogP contribution is -2.44. The molecule has 0 saturated carbocycles. The average Bonchev–Trinajstić information content (AvgIpc) is 2.25. The number of hydrogen-bond donors (Lipinski definition) is 2. The van der Waals surface area contributed by atoms with Crippen molar-refractivity contribution in [2.24, 2.45) is 0 Å². The lowest BCUT2D eigenvalue weighted by Gasteiger charge is -2.12. The van der Waals surface area contributed by atoms with Crippen molar-refractivity contribution >= 4 is 15.9 Å². The van der Waals surface area contributed by atoms with Crippen LogP contribution < -0.4 is 10.0 Å². The molecule has 0 aliphatic heterocycles. The van der Waals surface area contributed by atoms with Crippen molar-refractivity contribution in [1.82, 2.24) is 20.0 Å². The molecule has 2 N–H and O–H groups in total. The van der Waals surface area contributed by atoms with Gasteiger partial charge in [-0.05, 0) is 26.8 Å².